The van der Waals surface area contributed by atoms with Crippen molar-refractivity contribution in [2.75, 3.05) is 19.0 Å². The van der Waals surface area contributed by atoms with Gasteiger partial charge in [0.25, 0.3) is 0 Å². The summed E-state index contributed by atoms with van der Waals surface area (Å²) in [6, 6.07) is 7.33. The van der Waals surface area contributed by atoms with E-state index in [4.69, 9.17) is 23.2 Å². The van der Waals surface area contributed by atoms with Gasteiger partial charge in [0.15, 0.2) is 0 Å². The van der Waals surface area contributed by atoms with E-state index < -0.39 is 0 Å². The van der Waals surface area contributed by atoms with Crippen LogP contribution in [0.4, 0.5) is 0 Å². The van der Waals surface area contributed by atoms with E-state index in [0.29, 0.717) is 30.3 Å². The van der Waals surface area contributed by atoms with Crippen LogP contribution >= 0.6 is 23.2 Å². The summed E-state index contributed by atoms with van der Waals surface area (Å²) in [5.74, 6) is 0.816. The first-order valence-electron chi connectivity index (χ1n) is 6.37. The van der Waals surface area contributed by atoms with Crippen molar-refractivity contribution in [2.45, 2.75) is 18.9 Å². The lowest BCUT2D eigenvalue weighted by molar-refractivity contribution is -0.130. The van der Waals surface area contributed by atoms with E-state index in [1.165, 1.54) is 0 Å². The Morgan fingerprint density at radius 1 is 1.37 bits per heavy atom. The van der Waals surface area contributed by atoms with Crippen molar-refractivity contribution < 1.29 is 9.90 Å². The zero-order valence-corrected chi connectivity index (χ0v) is 12.1. The summed E-state index contributed by atoms with van der Waals surface area (Å²) in [5, 5.41) is 9.90. The van der Waals surface area contributed by atoms with Crippen LogP contribution in [-0.4, -0.2) is 34.9 Å². The Labute approximate surface area is 123 Å². The number of nitrogens with zero attached hydrogens (tertiary/aromatic N) is 1. The second-order valence-corrected chi connectivity index (χ2v) is 5.60. The van der Waals surface area contributed by atoms with Crippen LogP contribution in [0.25, 0.3) is 0 Å². The number of rotatable bonds is 5. The summed E-state index contributed by atoms with van der Waals surface area (Å²) in [7, 11) is 0. The normalized spacial score (nSPS) is 20.9. The molecule has 0 bridgehead atoms. The van der Waals surface area contributed by atoms with Crippen LogP contribution in [0.2, 0.25) is 5.02 Å². The van der Waals surface area contributed by atoms with Crippen molar-refractivity contribution in [3.05, 3.63) is 34.9 Å². The van der Waals surface area contributed by atoms with Crippen LogP contribution in [0.5, 0.6) is 0 Å². The topological polar surface area (TPSA) is 40.5 Å². The Morgan fingerprint density at radius 2 is 2.05 bits per heavy atom. The highest BCUT2D eigenvalue weighted by Gasteiger charge is 2.34. The van der Waals surface area contributed by atoms with E-state index in [0.717, 1.165) is 5.56 Å². The quantitative estimate of drug-likeness (QED) is 0.850. The minimum absolute atomic E-state index is 0.0443. The van der Waals surface area contributed by atoms with Gasteiger partial charge in [-0.3, -0.25) is 4.79 Å². The van der Waals surface area contributed by atoms with Crippen LogP contribution < -0.4 is 0 Å². The number of carbonyl (C=O) groups is 1. The molecule has 0 aliphatic carbocycles. The minimum atomic E-state index is -0.0945. The SMILES string of the molecule is O=C1CC(CCl)CN1C(CCO)c1ccc(Cl)cc1. The molecule has 1 amide bonds. The van der Waals surface area contributed by atoms with E-state index in [1.54, 1.807) is 12.1 Å². The highest BCUT2D eigenvalue weighted by molar-refractivity contribution is 6.30. The van der Waals surface area contributed by atoms with E-state index in [1.807, 2.05) is 17.0 Å². The van der Waals surface area contributed by atoms with Crippen molar-refractivity contribution in [2.24, 2.45) is 5.92 Å². The van der Waals surface area contributed by atoms with Gasteiger partial charge in [-0.1, -0.05) is 23.7 Å². The molecule has 1 N–H and O–H groups in total. The van der Waals surface area contributed by atoms with Crippen molar-refractivity contribution in [3.63, 3.8) is 0 Å². The zero-order chi connectivity index (χ0) is 13.8. The fourth-order valence-electron chi connectivity index (χ4n) is 2.52. The Kier molecular flexibility index (Phi) is 5.08. The molecule has 0 saturated carbocycles. The van der Waals surface area contributed by atoms with E-state index in [9.17, 15) is 9.90 Å². The molecule has 1 aliphatic rings. The second-order valence-electron chi connectivity index (χ2n) is 4.85. The van der Waals surface area contributed by atoms with E-state index in [2.05, 4.69) is 0 Å². The Morgan fingerprint density at radius 3 is 2.58 bits per heavy atom. The van der Waals surface area contributed by atoms with Crippen LogP contribution in [0.3, 0.4) is 0 Å². The van der Waals surface area contributed by atoms with Crippen LogP contribution in [0.1, 0.15) is 24.4 Å². The van der Waals surface area contributed by atoms with Gasteiger partial charge in [0.05, 0.1) is 6.04 Å². The average molecular weight is 302 g/mol. The van der Waals surface area contributed by atoms with Crippen molar-refractivity contribution >= 4 is 29.1 Å². The first kappa shape index (κ1) is 14.6. The van der Waals surface area contributed by atoms with Gasteiger partial charge in [0.1, 0.15) is 0 Å². The number of benzene rings is 1. The third kappa shape index (κ3) is 3.41. The summed E-state index contributed by atoms with van der Waals surface area (Å²) in [6.07, 6.45) is 1.03. The highest BCUT2D eigenvalue weighted by Crippen LogP contribution is 2.31. The van der Waals surface area contributed by atoms with Gasteiger partial charge in [-0.2, -0.15) is 0 Å². The standard InChI is InChI=1S/C14H17Cl2NO2/c15-8-10-7-14(19)17(9-10)13(5-6-18)11-1-3-12(16)4-2-11/h1-4,10,13,18H,5-9H2. The number of carbonyl (C=O) groups excluding carboxylic acids is 1. The molecule has 2 rings (SSSR count). The van der Waals surface area contributed by atoms with Gasteiger partial charge in [0.2, 0.25) is 5.91 Å². The third-order valence-electron chi connectivity index (χ3n) is 3.49. The molecular weight excluding hydrogens is 285 g/mol. The molecule has 3 nitrogen and oxygen atoms in total. The van der Waals surface area contributed by atoms with E-state index in [-0.39, 0.29) is 24.5 Å². The summed E-state index contributed by atoms with van der Waals surface area (Å²) in [6.45, 7) is 0.707. The Bertz CT molecular complexity index is 436. The number of alkyl halides is 1. The maximum Gasteiger partial charge on any atom is 0.223 e. The average Bonchev–Trinajstić information content (AvgIpc) is 2.78. The molecule has 1 heterocycles. The lowest BCUT2D eigenvalue weighted by Crippen LogP contribution is -2.31. The van der Waals surface area contributed by atoms with Crippen LogP contribution in [0.15, 0.2) is 24.3 Å². The van der Waals surface area contributed by atoms with Crippen LogP contribution in [-0.2, 0) is 4.79 Å². The summed E-state index contributed by atoms with van der Waals surface area (Å²) < 4.78 is 0. The molecule has 5 heteroatoms. The molecule has 1 aromatic carbocycles. The third-order valence-corrected chi connectivity index (χ3v) is 4.18. The lowest BCUT2D eigenvalue weighted by Gasteiger charge is -2.28. The monoisotopic (exact) mass is 301 g/mol. The molecule has 0 aromatic heterocycles. The maximum absolute atomic E-state index is 12.1. The number of hydrogen-bond donors (Lipinski definition) is 1. The number of hydrogen-bond acceptors (Lipinski definition) is 2. The predicted octanol–water partition coefficient (Wildman–Crippen LogP) is 2.85. The summed E-state index contributed by atoms with van der Waals surface area (Å²) in [5.41, 5.74) is 1.00. The smallest absolute Gasteiger partial charge is 0.223 e. The second kappa shape index (κ2) is 6.60. The minimum Gasteiger partial charge on any atom is -0.396 e. The number of halogens is 2. The highest BCUT2D eigenvalue weighted by atomic mass is 35.5. The molecule has 2 atom stereocenters. The number of amides is 1. The van der Waals surface area contributed by atoms with Gasteiger partial charge in [-0.15, -0.1) is 11.6 Å². The molecular formula is C14H17Cl2NO2. The summed E-state index contributed by atoms with van der Waals surface area (Å²) >= 11 is 11.7. The fourth-order valence-corrected chi connectivity index (χ4v) is 2.86. The largest absolute Gasteiger partial charge is 0.396 e. The predicted molar refractivity (Wildman–Crippen MR) is 76.4 cm³/mol. The summed E-state index contributed by atoms with van der Waals surface area (Å²) in [4.78, 5) is 13.9. The van der Waals surface area contributed by atoms with Crippen LogP contribution in [0, 0.1) is 5.92 Å². The Hall–Kier alpha value is -0.770. The Balaban J connectivity index is 2.20. The van der Waals surface area contributed by atoms with Gasteiger partial charge in [-0.05, 0) is 30.0 Å². The zero-order valence-electron chi connectivity index (χ0n) is 10.6. The number of likely N-dealkylation sites (tertiary alicyclic amines) is 1. The molecule has 104 valence electrons. The van der Waals surface area contributed by atoms with Gasteiger partial charge < -0.3 is 10.0 Å². The van der Waals surface area contributed by atoms with E-state index >= 15 is 0 Å². The maximum atomic E-state index is 12.1. The molecule has 0 spiro atoms. The molecule has 1 fully saturated rings. The van der Waals surface area contributed by atoms with Gasteiger partial charge in [0, 0.05) is 30.5 Å². The number of aliphatic hydroxyl groups excluding tert-OH is 1. The fraction of sp³-hybridized carbons (Fsp3) is 0.500. The first-order valence-corrected chi connectivity index (χ1v) is 7.28. The van der Waals surface area contributed by atoms with Crippen molar-refractivity contribution in [3.8, 4) is 0 Å². The lowest BCUT2D eigenvalue weighted by atomic mass is 10.0. The van der Waals surface area contributed by atoms with Gasteiger partial charge in [-0.25, -0.2) is 0 Å². The van der Waals surface area contributed by atoms with Gasteiger partial charge >= 0.3 is 0 Å². The van der Waals surface area contributed by atoms with Crippen molar-refractivity contribution in [1.29, 1.82) is 0 Å². The molecule has 19 heavy (non-hydrogen) atoms. The molecule has 1 aromatic rings. The molecule has 1 saturated heterocycles. The molecule has 1 aliphatic heterocycles. The molecule has 0 radical (unpaired) electrons. The first-order chi connectivity index (χ1) is 9.15. The van der Waals surface area contributed by atoms with Crippen molar-refractivity contribution in [1.82, 2.24) is 4.90 Å². The molecule has 2 unspecified atom stereocenters. The number of aliphatic hydroxyl groups is 1.